The molecule has 1 N–H and O–H groups in total. The number of sulfonamides is 1. The van der Waals surface area contributed by atoms with Crippen LogP contribution in [0, 0.1) is 5.92 Å². The molecule has 0 bridgehead atoms. The molecule has 0 aliphatic carbocycles. The average Bonchev–Trinajstić information content (AvgIpc) is 3.39. The fourth-order valence-corrected chi connectivity index (χ4v) is 5.51. The number of hydrogen-bond acceptors (Lipinski definition) is 8. The Hall–Kier alpha value is -2.95. The van der Waals surface area contributed by atoms with Gasteiger partial charge in [0.1, 0.15) is 5.75 Å². The predicted molar refractivity (Wildman–Crippen MR) is 142 cm³/mol. The van der Waals surface area contributed by atoms with E-state index in [2.05, 4.69) is 33.6 Å². The number of aromatic nitrogens is 2. The molecule has 2 aromatic carbocycles. The lowest BCUT2D eigenvalue weighted by atomic mass is 9.98. The van der Waals surface area contributed by atoms with E-state index in [9.17, 15) is 8.42 Å². The van der Waals surface area contributed by atoms with Crippen molar-refractivity contribution in [2.75, 3.05) is 38.3 Å². The number of rotatable bonds is 11. The maximum atomic E-state index is 12.5. The standard InChI is InChI=1S/C27H36N4O5S/c1-19(2)26-28-27(36-29-26)31-15-13-21(14-16-31)18-35-24-9-5-22(6-10-24)23-7-11-25(12-8-23)37(32,33)30-20(3)17-34-4/h5-12,19-21,30H,13-18H2,1-4H3. The topological polar surface area (TPSA) is 107 Å². The number of benzene rings is 2. The van der Waals surface area contributed by atoms with E-state index in [0.717, 1.165) is 48.6 Å². The molecule has 9 nitrogen and oxygen atoms in total. The molecular formula is C27H36N4O5S. The van der Waals surface area contributed by atoms with Crippen LogP contribution in [-0.4, -0.2) is 58.0 Å². The van der Waals surface area contributed by atoms with Crippen LogP contribution < -0.4 is 14.4 Å². The molecule has 1 fully saturated rings. The zero-order valence-corrected chi connectivity index (χ0v) is 22.7. The van der Waals surface area contributed by atoms with Gasteiger partial charge in [-0.3, -0.25) is 0 Å². The second kappa shape index (κ2) is 12.1. The first-order chi connectivity index (χ1) is 17.7. The number of ether oxygens (including phenoxy) is 2. The third kappa shape index (κ3) is 7.09. The van der Waals surface area contributed by atoms with Gasteiger partial charge in [0.05, 0.1) is 18.1 Å². The van der Waals surface area contributed by atoms with Gasteiger partial charge in [0.25, 0.3) is 0 Å². The lowest BCUT2D eigenvalue weighted by Crippen LogP contribution is -2.35. The summed E-state index contributed by atoms with van der Waals surface area (Å²) in [5.74, 6) is 2.29. The second-order valence-corrected chi connectivity index (χ2v) is 11.6. The first kappa shape index (κ1) is 27.1. The highest BCUT2D eigenvalue weighted by molar-refractivity contribution is 7.89. The van der Waals surface area contributed by atoms with Crippen LogP contribution in [0.25, 0.3) is 11.1 Å². The van der Waals surface area contributed by atoms with Crippen LogP contribution in [-0.2, 0) is 14.8 Å². The van der Waals surface area contributed by atoms with Crippen molar-refractivity contribution in [3.63, 3.8) is 0 Å². The summed E-state index contributed by atoms with van der Waals surface area (Å²) in [6, 6.07) is 15.0. The third-order valence-corrected chi connectivity index (χ3v) is 8.05. The van der Waals surface area contributed by atoms with E-state index in [-0.39, 0.29) is 16.9 Å². The van der Waals surface area contributed by atoms with Crippen LogP contribution in [0.2, 0.25) is 0 Å². The SMILES string of the molecule is COCC(C)NS(=O)(=O)c1ccc(-c2ccc(OCC3CCN(c4nc(C(C)C)no4)CC3)cc2)cc1. The maximum Gasteiger partial charge on any atom is 0.324 e. The van der Waals surface area contributed by atoms with Crippen molar-refractivity contribution in [2.45, 2.75) is 50.5 Å². The monoisotopic (exact) mass is 528 g/mol. The van der Waals surface area contributed by atoms with Gasteiger partial charge in [0, 0.05) is 32.2 Å². The molecule has 1 atom stereocenters. The van der Waals surface area contributed by atoms with E-state index < -0.39 is 10.0 Å². The van der Waals surface area contributed by atoms with E-state index >= 15 is 0 Å². The summed E-state index contributed by atoms with van der Waals surface area (Å²) in [4.78, 5) is 6.88. The molecule has 200 valence electrons. The van der Waals surface area contributed by atoms with Crippen LogP contribution in [0.3, 0.4) is 0 Å². The summed E-state index contributed by atoms with van der Waals surface area (Å²) < 4.78 is 44.2. The molecule has 4 rings (SSSR count). The Morgan fingerprint density at radius 3 is 2.22 bits per heavy atom. The van der Waals surface area contributed by atoms with E-state index in [1.54, 1.807) is 26.2 Å². The van der Waals surface area contributed by atoms with Gasteiger partial charge in [0.2, 0.25) is 10.0 Å². The van der Waals surface area contributed by atoms with Gasteiger partial charge in [0.15, 0.2) is 5.82 Å². The molecule has 0 saturated carbocycles. The lowest BCUT2D eigenvalue weighted by Gasteiger charge is -2.30. The van der Waals surface area contributed by atoms with Crippen LogP contribution in [0.1, 0.15) is 45.4 Å². The first-order valence-electron chi connectivity index (χ1n) is 12.7. The zero-order valence-electron chi connectivity index (χ0n) is 21.9. The van der Waals surface area contributed by atoms with Crippen LogP contribution >= 0.6 is 0 Å². The molecule has 10 heteroatoms. The summed E-state index contributed by atoms with van der Waals surface area (Å²) in [5.41, 5.74) is 1.93. The lowest BCUT2D eigenvalue weighted by molar-refractivity contribution is 0.180. The highest BCUT2D eigenvalue weighted by atomic mass is 32.2. The van der Waals surface area contributed by atoms with Crippen LogP contribution in [0.4, 0.5) is 6.01 Å². The minimum atomic E-state index is -3.59. The third-order valence-electron chi connectivity index (χ3n) is 6.44. The Labute approximate surface area is 219 Å². The largest absolute Gasteiger partial charge is 0.493 e. The summed E-state index contributed by atoms with van der Waals surface area (Å²) in [6.07, 6.45) is 2.01. The summed E-state index contributed by atoms with van der Waals surface area (Å²) in [5, 5.41) is 4.06. The molecule has 1 aliphatic rings. The summed E-state index contributed by atoms with van der Waals surface area (Å²) in [6.45, 7) is 8.59. The van der Waals surface area contributed by atoms with Crippen molar-refractivity contribution < 1.29 is 22.4 Å². The van der Waals surface area contributed by atoms with Gasteiger partial charge in [-0.1, -0.05) is 43.3 Å². The van der Waals surface area contributed by atoms with Crippen molar-refractivity contribution in [3.05, 3.63) is 54.4 Å². The normalized spacial score (nSPS) is 15.8. The molecule has 1 unspecified atom stereocenters. The number of nitrogens with one attached hydrogen (secondary N) is 1. The molecule has 1 aromatic heterocycles. The van der Waals surface area contributed by atoms with Crippen molar-refractivity contribution in [2.24, 2.45) is 5.92 Å². The summed E-state index contributed by atoms with van der Waals surface area (Å²) in [7, 11) is -2.05. The fraction of sp³-hybridized carbons (Fsp3) is 0.481. The van der Waals surface area contributed by atoms with Crippen molar-refractivity contribution in [3.8, 4) is 16.9 Å². The number of hydrogen-bond donors (Lipinski definition) is 1. The Kier molecular flexibility index (Phi) is 8.83. The van der Waals surface area contributed by atoms with Crippen LogP contribution in [0.15, 0.2) is 57.9 Å². The molecule has 0 amide bonds. The predicted octanol–water partition coefficient (Wildman–Crippen LogP) is 4.47. The molecular weight excluding hydrogens is 492 g/mol. The highest BCUT2D eigenvalue weighted by Gasteiger charge is 2.24. The minimum Gasteiger partial charge on any atom is -0.493 e. The van der Waals surface area contributed by atoms with Gasteiger partial charge in [-0.25, -0.2) is 13.1 Å². The zero-order chi connectivity index (χ0) is 26.4. The minimum absolute atomic E-state index is 0.227. The Morgan fingerprint density at radius 1 is 1.03 bits per heavy atom. The van der Waals surface area contributed by atoms with Gasteiger partial charge < -0.3 is 18.9 Å². The van der Waals surface area contributed by atoms with Gasteiger partial charge >= 0.3 is 6.01 Å². The quantitative estimate of drug-likeness (QED) is 0.389. The smallest absolute Gasteiger partial charge is 0.324 e. The molecule has 37 heavy (non-hydrogen) atoms. The number of methoxy groups -OCH3 is 1. The Morgan fingerprint density at radius 2 is 1.65 bits per heavy atom. The van der Waals surface area contributed by atoms with Gasteiger partial charge in [-0.2, -0.15) is 4.98 Å². The van der Waals surface area contributed by atoms with Crippen LogP contribution in [0.5, 0.6) is 5.75 Å². The highest BCUT2D eigenvalue weighted by Crippen LogP contribution is 2.27. The van der Waals surface area contributed by atoms with E-state index in [4.69, 9.17) is 14.0 Å². The van der Waals surface area contributed by atoms with Gasteiger partial charge in [-0.15, -0.1) is 0 Å². The first-order valence-corrected chi connectivity index (χ1v) is 14.2. The molecule has 3 aromatic rings. The van der Waals surface area contributed by atoms with E-state index in [1.165, 1.54) is 0 Å². The van der Waals surface area contributed by atoms with E-state index in [1.807, 2.05) is 36.4 Å². The maximum absolute atomic E-state index is 12.5. The van der Waals surface area contributed by atoms with Crippen molar-refractivity contribution in [1.29, 1.82) is 0 Å². The molecule has 0 spiro atoms. The van der Waals surface area contributed by atoms with E-state index in [0.29, 0.717) is 25.1 Å². The number of anilines is 1. The number of piperidine rings is 1. The molecule has 1 aliphatic heterocycles. The second-order valence-electron chi connectivity index (χ2n) is 9.86. The fourth-order valence-electron chi connectivity index (χ4n) is 4.28. The van der Waals surface area contributed by atoms with Crippen molar-refractivity contribution >= 4 is 16.0 Å². The molecule has 0 radical (unpaired) electrons. The summed E-state index contributed by atoms with van der Waals surface area (Å²) >= 11 is 0. The average molecular weight is 529 g/mol. The van der Waals surface area contributed by atoms with Crippen molar-refractivity contribution in [1.82, 2.24) is 14.9 Å². The Bertz CT molecular complexity index is 1230. The molecule has 1 saturated heterocycles. The Balaban J connectivity index is 1.27. The number of nitrogens with zero attached hydrogens (tertiary/aromatic N) is 3. The molecule has 2 heterocycles. The van der Waals surface area contributed by atoms with Gasteiger partial charge in [-0.05, 0) is 61.1 Å².